The lowest BCUT2D eigenvalue weighted by Crippen LogP contribution is -2.53. The normalized spacial score (nSPS) is 22.4. The summed E-state index contributed by atoms with van der Waals surface area (Å²) in [6.45, 7) is 5.94. The van der Waals surface area contributed by atoms with Crippen molar-refractivity contribution >= 4 is 17.5 Å². The van der Waals surface area contributed by atoms with Gasteiger partial charge in [0.2, 0.25) is 11.8 Å². The van der Waals surface area contributed by atoms with E-state index in [-0.39, 0.29) is 23.8 Å². The van der Waals surface area contributed by atoms with E-state index < -0.39 is 0 Å². The van der Waals surface area contributed by atoms with Crippen LogP contribution in [0.4, 0.5) is 5.69 Å². The molecule has 2 amide bonds. The third kappa shape index (κ3) is 4.98. The van der Waals surface area contributed by atoms with Gasteiger partial charge in [0.1, 0.15) is 11.4 Å². The molecule has 0 unspecified atom stereocenters. The van der Waals surface area contributed by atoms with Gasteiger partial charge in [0.05, 0.1) is 13.5 Å². The molecule has 8 heteroatoms. The molecule has 2 atom stereocenters. The van der Waals surface area contributed by atoms with Gasteiger partial charge in [0.25, 0.3) is 5.56 Å². The zero-order valence-electron chi connectivity index (χ0n) is 20.5. The van der Waals surface area contributed by atoms with Gasteiger partial charge in [-0.1, -0.05) is 12.1 Å². The average molecular weight is 479 g/mol. The number of aromatic nitrogens is 1. The largest absolute Gasteiger partial charge is 0.497 e. The molecule has 4 heterocycles. The van der Waals surface area contributed by atoms with Gasteiger partial charge in [0, 0.05) is 57.3 Å². The van der Waals surface area contributed by atoms with E-state index >= 15 is 0 Å². The lowest BCUT2D eigenvalue weighted by atomic mass is 9.82. The minimum atomic E-state index is -0.202. The Hall–Kier alpha value is -3.13. The number of nitrogens with one attached hydrogen (secondary N) is 1. The molecule has 1 aromatic heterocycles. The van der Waals surface area contributed by atoms with Crippen LogP contribution in [0, 0.1) is 5.92 Å². The molecule has 1 aromatic carbocycles. The fourth-order valence-corrected chi connectivity index (χ4v) is 6.05. The Morgan fingerprint density at radius 1 is 1.03 bits per heavy atom. The summed E-state index contributed by atoms with van der Waals surface area (Å²) in [7, 11) is 1.61. The molecule has 8 nitrogen and oxygen atoms in total. The number of amides is 2. The third-order valence-electron chi connectivity index (χ3n) is 7.86. The van der Waals surface area contributed by atoms with E-state index in [0.717, 1.165) is 62.4 Å². The molecule has 0 saturated carbocycles. The number of anilines is 1. The van der Waals surface area contributed by atoms with E-state index in [9.17, 15) is 14.4 Å². The molecule has 0 radical (unpaired) electrons. The van der Waals surface area contributed by atoms with Crippen molar-refractivity contribution in [1.29, 1.82) is 0 Å². The van der Waals surface area contributed by atoms with Gasteiger partial charge in [0.15, 0.2) is 0 Å². The minimum absolute atomic E-state index is 0.108. The van der Waals surface area contributed by atoms with E-state index in [1.54, 1.807) is 20.1 Å². The first-order valence-corrected chi connectivity index (χ1v) is 12.6. The van der Waals surface area contributed by atoms with Crippen molar-refractivity contribution < 1.29 is 14.3 Å². The first-order valence-electron chi connectivity index (χ1n) is 12.6. The predicted octanol–water partition coefficient (Wildman–Crippen LogP) is 2.47. The number of ether oxygens (including phenoxy) is 1. The molecule has 0 aliphatic carbocycles. The number of piperidine rings is 2. The number of fused-ring (bicyclic) bond motifs is 4. The Labute approximate surface area is 205 Å². The predicted molar refractivity (Wildman–Crippen MR) is 134 cm³/mol. The van der Waals surface area contributed by atoms with E-state index in [1.807, 2.05) is 39.8 Å². The van der Waals surface area contributed by atoms with Gasteiger partial charge in [-0.25, -0.2) is 0 Å². The van der Waals surface area contributed by atoms with Crippen molar-refractivity contribution in [3.63, 3.8) is 0 Å². The van der Waals surface area contributed by atoms with Crippen LogP contribution >= 0.6 is 0 Å². The summed E-state index contributed by atoms with van der Waals surface area (Å²) < 4.78 is 7.05. The molecule has 2 saturated heterocycles. The van der Waals surface area contributed by atoms with Gasteiger partial charge < -0.3 is 19.5 Å². The molecule has 2 fully saturated rings. The molecule has 3 aliphatic rings. The summed E-state index contributed by atoms with van der Waals surface area (Å²) in [6.07, 6.45) is 3.34. The number of pyridine rings is 1. The molecule has 1 N–H and O–H groups in total. The van der Waals surface area contributed by atoms with E-state index in [0.29, 0.717) is 30.1 Å². The van der Waals surface area contributed by atoms with Crippen LogP contribution in [0.5, 0.6) is 5.75 Å². The number of methoxy groups -OCH3 is 1. The highest BCUT2D eigenvalue weighted by atomic mass is 16.5. The number of hydrogen-bond donors (Lipinski definition) is 1. The van der Waals surface area contributed by atoms with Crippen LogP contribution < -0.4 is 15.6 Å². The second kappa shape index (κ2) is 9.85. The molecule has 0 spiro atoms. The number of rotatable bonds is 5. The van der Waals surface area contributed by atoms with Crippen molar-refractivity contribution in [2.75, 3.05) is 38.6 Å². The first kappa shape index (κ1) is 23.6. The summed E-state index contributed by atoms with van der Waals surface area (Å²) in [5, 5.41) is 2.83. The molecule has 2 bridgehead atoms. The van der Waals surface area contributed by atoms with Crippen molar-refractivity contribution in [3.8, 4) is 5.75 Å². The highest BCUT2D eigenvalue weighted by Crippen LogP contribution is 2.37. The van der Waals surface area contributed by atoms with Crippen molar-refractivity contribution in [2.45, 2.75) is 51.1 Å². The van der Waals surface area contributed by atoms with Crippen molar-refractivity contribution in [2.24, 2.45) is 5.92 Å². The smallest absolute Gasteiger partial charge is 0.274 e. The zero-order chi connectivity index (χ0) is 24.5. The summed E-state index contributed by atoms with van der Waals surface area (Å²) in [5.74, 6) is 1.46. The lowest BCUT2D eigenvalue weighted by Gasteiger charge is -2.47. The van der Waals surface area contributed by atoms with Crippen molar-refractivity contribution in [3.05, 3.63) is 58.0 Å². The highest BCUT2D eigenvalue weighted by Gasteiger charge is 2.38. The molecule has 2 aromatic rings. The number of carbonyl (C=O) groups excluding carboxylic acids is 2. The second-order valence-corrected chi connectivity index (χ2v) is 10.2. The number of benzene rings is 1. The maximum absolute atomic E-state index is 13.3. The summed E-state index contributed by atoms with van der Waals surface area (Å²) >= 11 is 0. The van der Waals surface area contributed by atoms with Gasteiger partial charge in [-0.3, -0.25) is 19.3 Å². The molecular weight excluding hydrogens is 444 g/mol. The lowest BCUT2D eigenvalue weighted by molar-refractivity contribution is -0.130. The molecular formula is C27H34N4O4. The quantitative estimate of drug-likeness (QED) is 0.714. The number of carbonyl (C=O) groups is 2. The van der Waals surface area contributed by atoms with Crippen molar-refractivity contribution in [1.82, 2.24) is 14.4 Å². The van der Waals surface area contributed by atoms with Gasteiger partial charge >= 0.3 is 0 Å². The zero-order valence-corrected chi connectivity index (χ0v) is 20.5. The Bertz CT molecular complexity index is 1150. The average Bonchev–Trinajstić information content (AvgIpc) is 2.86. The maximum Gasteiger partial charge on any atom is 0.274 e. The van der Waals surface area contributed by atoms with E-state index in [1.165, 1.54) is 0 Å². The number of likely N-dealkylation sites (tertiary alicyclic amines) is 2. The van der Waals surface area contributed by atoms with Crippen LogP contribution in [-0.4, -0.2) is 65.5 Å². The Balaban J connectivity index is 1.25. The summed E-state index contributed by atoms with van der Waals surface area (Å²) in [5.41, 5.74) is 2.18. The SMILES string of the molecule is COc1ccc(CC(=O)Nc2ccc3n(c2=O)C[C@H]2C[C@@H]3CN(C3CCN(C(C)=O)CC3)C2)cc1. The minimum Gasteiger partial charge on any atom is -0.497 e. The Morgan fingerprint density at radius 3 is 2.46 bits per heavy atom. The second-order valence-electron chi connectivity index (χ2n) is 10.2. The third-order valence-corrected chi connectivity index (χ3v) is 7.86. The standard InChI is InChI=1S/C27H34N4O4/c1-18(32)29-11-9-22(10-12-29)30-15-20-13-21(17-30)25-8-7-24(27(34)31(25)16-20)28-26(33)14-19-3-5-23(35-2)6-4-19/h3-8,20-22H,9-17H2,1-2H3,(H,28,33)/t20-,21+/m0/s1. The fourth-order valence-electron chi connectivity index (χ4n) is 6.05. The van der Waals surface area contributed by atoms with E-state index in [2.05, 4.69) is 10.2 Å². The number of nitrogens with zero attached hydrogens (tertiary/aromatic N) is 3. The van der Waals surface area contributed by atoms with Gasteiger partial charge in [-0.05, 0) is 55.0 Å². The topological polar surface area (TPSA) is 83.9 Å². The van der Waals surface area contributed by atoms with Crippen LogP contribution in [0.2, 0.25) is 0 Å². The molecule has 3 aliphatic heterocycles. The Kier molecular flexibility index (Phi) is 6.65. The summed E-state index contributed by atoms with van der Waals surface area (Å²) in [4.78, 5) is 42.1. The number of hydrogen-bond acceptors (Lipinski definition) is 5. The molecule has 186 valence electrons. The molecule has 35 heavy (non-hydrogen) atoms. The van der Waals surface area contributed by atoms with Crippen LogP contribution in [-0.2, 0) is 22.6 Å². The van der Waals surface area contributed by atoms with Gasteiger partial charge in [-0.15, -0.1) is 0 Å². The Morgan fingerprint density at radius 2 is 1.77 bits per heavy atom. The maximum atomic E-state index is 13.3. The summed E-state index contributed by atoms with van der Waals surface area (Å²) in [6, 6.07) is 11.7. The fraction of sp³-hybridized carbons (Fsp3) is 0.519. The monoisotopic (exact) mass is 478 g/mol. The van der Waals surface area contributed by atoms with Crippen LogP contribution in [0.15, 0.2) is 41.2 Å². The van der Waals surface area contributed by atoms with Gasteiger partial charge in [-0.2, -0.15) is 0 Å². The van der Waals surface area contributed by atoms with E-state index in [4.69, 9.17) is 4.74 Å². The molecule has 5 rings (SSSR count). The van der Waals surface area contributed by atoms with Crippen LogP contribution in [0.25, 0.3) is 0 Å². The highest BCUT2D eigenvalue weighted by molar-refractivity contribution is 5.92. The first-order chi connectivity index (χ1) is 16.9. The van der Waals surface area contributed by atoms with Crippen LogP contribution in [0.3, 0.4) is 0 Å². The van der Waals surface area contributed by atoms with Crippen LogP contribution in [0.1, 0.15) is 43.4 Å².